The highest BCUT2D eigenvalue weighted by Gasteiger charge is 2.15. The normalized spacial score (nSPS) is 10.7. The Morgan fingerprint density at radius 2 is 2.00 bits per heavy atom. The molecule has 0 saturated heterocycles. The van der Waals surface area contributed by atoms with E-state index in [2.05, 4.69) is 11.1 Å². The molecule has 0 aliphatic rings. The standard InChI is InChI=1S/C15H11ClN4/c1-9-4-2-6-12(10(9)8-17)20-13-7-3-5-11(16)14(13)19-15(20)18/h2-7H,1H3,(H2,18,19). The number of nitriles is 1. The van der Waals surface area contributed by atoms with Crippen LogP contribution in [0.2, 0.25) is 5.02 Å². The molecule has 1 heterocycles. The molecule has 98 valence electrons. The van der Waals surface area contributed by atoms with Crippen molar-refractivity contribution < 1.29 is 0 Å². The number of nitrogen functional groups attached to an aromatic ring is 1. The van der Waals surface area contributed by atoms with Crippen LogP contribution in [0.3, 0.4) is 0 Å². The lowest BCUT2D eigenvalue weighted by Crippen LogP contribution is -2.03. The van der Waals surface area contributed by atoms with Gasteiger partial charge in [0.1, 0.15) is 11.6 Å². The van der Waals surface area contributed by atoms with Gasteiger partial charge in [0.15, 0.2) is 0 Å². The van der Waals surface area contributed by atoms with Gasteiger partial charge in [0.25, 0.3) is 0 Å². The first-order valence-electron chi connectivity index (χ1n) is 6.06. The molecule has 0 spiro atoms. The number of aryl methyl sites for hydroxylation is 1. The summed E-state index contributed by atoms with van der Waals surface area (Å²) in [6.45, 7) is 1.89. The number of hydrogen-bond donors (Lipinski definition) is 1. The highest BCUT2D eigenvalue weighted by Crippen LogP contribution is 2.29. The number of nitrogens with two attached hydrogens (primary N) is 1. The van der Waals surface area contributed by atoms with Crippen LogP contribution in [-0.4, -0.2) is 9.55 Å². The van der Waals surface area contributed by atoms with E-state index in [1.54, 1.807) is 10.6 Å². The van der Waals surface area contributed by atoms with Gasteiger partial charge < -0.3 is 5.73 Å². The average Bonchev–Trinajstić information content (AvgIpc) is 2.76. The number of rotatable bonds is 1. The predicted octanol–water partition coefficient (Wildman–Crippen LogP) is 3.44. The second-order valence-corrected chi connectivity index (χ2v) is 4.90. The molecule has 20 heavy (non-hydrogen) atoms. The number of anilines is 1. The van der Waals surface area contributed by atoms with Gasteiger partial charge in [-0.3, -0.25) is 4.57 Å². The number of halogens is 1. The number of fused-ring (bicyclic) bond motifs is 1. The summed E-state index contributed by atoms with van der Waals surface area (Å²) < 4.78 is 1.76. The van der Waals surface area contributed by atoms with Crippen molar-refractivity contribution in [3.8, 4) is 11.8 Å². The van der Waals surface area contributed by atoms with Crippen molar-refractivity contribution in [2.45, 2.75) is 6.92 Å². The Kier molecular flexibility index (Phi) is 2.85. The lowest BCUT2D eigenvalue weighted by molar-refractivity contribution is 1.09. The van der Waals surface area contributed by atoms with Crippen molar-refractivity contribution in [1.82, 2.24) is 9.55 Å². The first-order chi connectivity index (χ1) is 9.63. The molecular weight excluding hydrogens is 272 g/mol. The summed E-state index contributed by atoms with van der Waals surface area (Å²) in [4.78, 5) is 4.29. The third-order valence-electron chi connectivity index (χ3n) is 3.27. The fourth-order valence-electron chi connectivity index (χ4n) is 2.32. The van der Waals surface area contributed by atoms with E-state index in [1.165, 1.54) is 0 Å². The first-order valence-corrected chi connectivity index (χ1v) is 6.44. The zero-order valence-electron chi connectivity index (χ0n) is 10.8. The fourth-order valence-corrected chi connectivity index (χ4v) is 2.53. The largest absolute Gasteiger partial charge is 0.369 e. The molecule has 2 N–H and O–H groups in total. The van der Waals surface area contributed by atoms with Crippen LogP contribution in [0, 0.1) is 18.3 Å². The number of imidazole rings is 1. The Morgan fingerprint density at radius 1 is 1.25 bits per heavy atom. The maximum Gasteiger partial charge on any atom is 0.206 e. The minimum Gasteiger partial charge on any atom is -0.369 e. The third-order valence-corrected chi connectivity index (χ3v) is 3.57. The predicted molar refractivity (Wildman–Crippen MR) is 79.9 cm³/mol. The maximum absolute atomic E-state index is 9.37. The molecule has 0 amide bonds. The van der Waals surface area contributed by atoms with Crippen LogP contribution in [-0.2, 0) is 0 Å². The van der Waals surface area contributed by atoms with Gasteiger partial charge >= 0.3 is 0 Å². The summed E-state index contributed by atoms with van der Waals surface area (Å²) in [5.74, 6) is 0.315. The van der Waals surface area contributed by atoms with Crippen molar-refractivity contribution in [3.05, 3.63) is 52.5 Å². The van der Waals surface area contributed by atoms with Crippen LogP contribution >= 0.6 is 11.6 Å². The van der Waals surface area contributed by atoms with Gasteiger partial charge in [0.05, 0.1) is 21.8 Å². The highest BCUT2D eigenvalue weighted by atomic mass is 35.5. The summed E-state index contributed by atoms with van der Waals surface area (Å²) in [6, 6.07) is 13.3. The smallest absolute Gasteiger partial charge is 0.206 e. The summed E-state index contributed by atoms with van der Waals surface area (Å²) in [7, 11) is 0. The second-order valence-electron chi connectivity index (χ2n) is 4.49. The van der Waals surface area contributed by atoms with Crippen molar-refractivity contribution in [2.24, 2.45) is 0 Å². The van der Waals surface area contributed by atoms with Crippen LogP contribution in [0.5, 0.6) is 0 Å². The van der Waals surface area contributed by atoms with Gasteiger partial charge in [-0.05, 0) is 30.7 Å². The Labute approximate surface area is 121 Å². The number of nitrogens with zero attached hydrogens (tertiary/aromatic N) is 3. The van der Waals surface area contributed by atoms with Gasteiger partial charge in [0.2, 0.25) is 5.95 Å². The van der Waals surface area contributed by atoms with Crippen LogP contribution in [0.4, 0.5) is 5.95 Å². The number of benzene rings is 2. The van der Waals surface area contributed by atoms with E-state index in [9.17, 15) is 5.26 Å². The molecule has 1 aromatic heterocycles. The van der Waals surface area contributed by atoms with E-state index in [0.717, 1.165) is 16.8 Å². The maximum atomic E-state index is 9.37. The van der Waals surface area contributed by atoms with Gasteiger partial charge in [-0.2, -0.15) is 5.26 Å². The molecule has 0 aliphatic heterocycles. The summed E-state index contributed by atoms with van der Waals surface area (Å²) in [5.41, 5.74) is 9.63. The Hall–Kier alpha value is -2.51. The average molecular weight is 283 g/mol. The molecule has 5 heteroatoms. The molecule has 3 rings (SSSR count). The number of para-hydroxylation sites is 1. The Morgan fingerprint density at radius 3 is 2.75 bits per heavy atom. The van der Waals surface area contributed by atoms with E-state index in [-0.39, 0.29) is 0 Å². The number of hydrogen-bond acceptors (Lipinski definition) is 3. The molecular formula is C15H11ClN4. The zero-order valence-corrected chi connectivity index (χ0v) is 11.5. The minimum atomic E-state index is 0.315. The Balaban J connectivity index is 2.43. The van der Waals surface area contributed by atoms with Crippen LogP contribution in [0.15, 0.2) is 36.4 Å². The highest BCUT2D eigenvalue weighted by molar-refractivity contribution is 6.35. The lowest BCUT2D eigenvalue weighted by atomic mass is 10.1. The SMILES string of the molecule is Cc1cccc(-n2c(N)nc3c(Cl)cccc32)c1C#N. The molecule has 0 saturated carbocycles. The molecule has 0 aliphatic carbocycles. The van der Waals surface area contributed by atoms with Crippen molar-refractivity contribution in [1.29, 1.82) is 5.26 Å². The topological polar surface area (TPSA) is 67.6 Å². The van der Waals surface area contributed by atoms with Gasteiger partial charge in [-0.15, -0.1) is 0 Å². The molecule has 3 aromatic rings. The Bertz CT molecular complexity index is 858. The van der Waals surface area contributed by atoms with Gasteiger partial charge in [-0.1, -0.05) is 29.8 Å². The third kappa shape index (κ3) is 1.72. The summed E-state index contributed by atoms with van der Waals surface area (Å²) in [6.07, 6.45) is 0. The summed E-state index contributed by atoms with van der Waals surface area (Å²) >= 11 is 6.14. The van der Waals surface area contributed by atoms with Gasteiger partial charge in [0, 0.05) is 0 Å². The van der Waals surface area contributed by atoms with Crippen molar-refractivity contribution >= 4 is 28.6 Å². The lowest BCUT2D eigenvalue weighted by Gasteiger charge is -2.10. The second kappa shape index (κ2) is 4.55. The van der Waals surface area contributed by atoms with Crippen molar-refractivity contribution in [3.63, 3.8) is 0 Å². The van der Waals surface area contributed by atoms with E-state index in [1.807, 2.05) is 37.3 Å². The molecule has 0 bridgehead atoms. The van der Waals surface area contributed by atoms with Crippen LogP contribution < -0.4 is 5.73 Å². The molecule has 4 nitrogen and oxygen atoms in total. The van der Waals surface area contributed by atoms with E-state index < -0.39 is 0 Å². The van der Waals surface area contributed by atoms with E-state index >= 15 is 0 Å². The van der Waals surface area contributed by atoms with Crippen LogP contribution in [0.1, 0.15) is 11.1 Å². The fraction of sp³-hybridized carbons (Fsp3) is 0.0667. The molecule has 0 atom stereocenters. The van der Waals surface area contributed by atoms with E-state index in [4.69, 9.17) is 17.3 Å². The minimum absolute atomic E-state index is 0.315. The monoisotopic (exact) mass is 282 g/mol. The molecule has 0 unspecified atom stereocenters. The number of aromatic nitrogens is 2. The first kappa shape index (κ1) is 12.5. The van der Waals surface area contributed by atoms with Gasteiger partial charge in [-0.25, -0.2) is 4.98 Å². The van der Waals surface area contributed by atoms with Crippen LogP contribution in [0.25, 0.3) is 16.7 Å². The summed E-state index contributed by atoms with van der Waals surface area (Å²) in [5, 5.41) is 9.91. The van der Waals surface area contributed by atoms with Crippen molar-refractivity contribution in [2.75, 3.05) is 5.73 Å². The van der Waals surface area contributed by atoms with E-state index in [0.29, 0.717) is 22.1 Å². The molecule has 0 fully saturated rings. The molecule has 0 radical (unpaired) electrons. The molecule has 2 aromatic carbocycles. The quantitative estimate of drug-likeness (QED) is 0.743. The zero-order chi connectivity index (χ0) is 14.3.